The number of amides is 1. The van der Waals surface area contributed by atoms with Crippen LogP contribution in [0.4, 0.5) is 5.82 Å². The minimum absolute atomic E-state index is 0.124. The summed E-state index contributed by atoms with van der Waals surface area (Å²) in [6.45, 7) is 8.09. The zero-order chi connectivity index (χ0) is 19.5. The van der Waals surface area contributed by atoms with Crippen molar-refractivity contribution in [3.05, 3.63) is 21.8 Å². The van der Waals surface area contributed by atoms with Crippen molar-refractivity contribution < 1.29 is 14.3 Å². The van der Waals surface area contributed by atoms with Gasteiger partial charge in [-0.1, -0.05) is 44.0 Å². The largest absolute Gasteiger partial charge is 0.455 e. The number of hydrogen-bond acceptors (Lipinski definition) is 4. The molecule has 1 heterocycles. The molecule has 1 aliphatic carbocycles. The van der Waals surface area contributed by atoms with E-state index in [9.17, 15) is 9.59 Å². The van der Waals surface area contributed by atoms with E-state index in [1.807, 2.05) is 0 Å². The molecule has 0 radical (unpaired) electrons. The van der Waals surface area contributed by atoms with Crippen LogP contribution in [0.25, 0.3) is 0 Å². The van der Waals surface area contributed by atoms with Gasteiger partial charge in [-0.05, 0) is 49.5 Å². The van der Waals surface area contributed by atoms with Crippen molar-refractivity contribution >= 4 is 40.9 Å². The fraction of sp³-hybridized carbons (Fsp3) is 0.632. The van der Waals surface area contributed by atoms with Gasteiger partial charge in [-0.3, -0.25) is 9.59 Å². The molecule has 26 heavy (non-hydrogen) atoms. The van der Waals surface area contributed by atoms with Gasteiger partial charge in [0.25, 0.3) is 5.91 Å². The quantitative estimate of drug-likeness (QED) is 0.719. The van der Waals surface area contributed by atoms with Crippen molar-refractivity contribution in [3.8, 4) is 0 Å². The fourth-order valence-electron chi connectivity index (χ4n) is 3.26. The van der Waals surface area contributed by atoms with Gasteiger partial charge < -0.3 is 10.1 Å². The number of carbonyl (C=O) groups is 2. The lowest BCUT2D eigenvalue weighted by Crippen LogP contribution is -2.31. The summed E-state index contributed by atoms with van der Waals surface area (Å²) in [5, 5.41) is 3.24. The Morgan fingerprint density at radius 2 is 1.85 bits per heavy atom. The molecule has 1 aromatic heterocycles. The van der Waals surface area contributed by atoms with E-state index in [0.29, 0.717) is 16.5 Å². The predicted molar refractivity (Wildman–Crippen MR) is 103 cm³/mol. The highest BCUT2D eigenvalue weighted by Crippen LogP contribution is 2.40. The number of halogens is 2. The molecule has 7 heteroatoms. The van der Waals surface area contributed by atoms with Gasteiger partial charge >= 0.3 is 5.97 Å². The molecule has 0 bridgehead atoms. The Labute approximate surface area is 164 Å². The second-order valence-corrected chi connectivity index (χ2v) is 8.75. The highest BCUT2D eigenvalue weighted by molar-refractivity contribution is 6.37. The lowest BCUT2D eigenvalue weighted by atomic mass is 9.70. The molecule has 0 aromatic carbocycles. The van der Waals surface area contributed by atoms with Crippen molar-refractivity contribution in [1.29, 1.82) is 0 Å². The van der Waals surface area contributed by atoms with E-state index < -0.39 is 5.91 Å². The first kappa shape index (κ1) is 21.0. The number of nitrogens with zero attached hydrogens (tertiary/aromatic N) is 1. The molecule has 1 aliphatic rings. The molecule has 0 aliphatic heterocycles. The number of anilines is 1. The summed E-state index contributed by atoms with van der Waals surface area (Å²) in [6.07, 6.45) is 5.06. The second-order valence-electron chi connectivity index (χ2n) is 7.96. The Balaban J connectivity index is 1.81. The summed E-state index contributed by atoms with van der Waals surface area (Å²) in [5.41, 5.74) is 0.892. The maximum absolute atomic E-state index is 12.2. The zero-order valence-electron chi connectivity index (χ0n) is 15.7. The highest BCUT2D eigenvalue weighted by atomic mass is 35.5. The second kappa shape index (κ2) is 8.57. The molecule has 144 valence electrons. The van der Waals surface area contributed by atoms with E-state index in [-0.39, 0.29) is 34.7 Å². The van der Waals surface area contributed by atoms with Crippen LogP contribution in [0.1, 0.15) is 52.0 Å². The van der Waals surface area contributed by atoms with Crippen LogP contribution in [-0.2, 0) is 14.3 Å². The first-order chi connectivity index (χ1) is 12.1. The van der Waals surface area contributed by atoms with Crippen LogP contribution in [-0.4, -0.2) is 23.5 Å². The van der Waals surface area contributed by atoms with Gasteiger partial charge in [-0.15, -0.1) is 0 Å². The van der Waals surface area contributed by atoms with Gasteiger partial charge in [0.1, 0.15) is 0 Å². The Bertz CT molecular complexity index is 678. The van der Waals surface area contributed by atoms with E-state index in [1.54, 1.807) is 6.92 Å². The third-order valence-electron chi connectivity index (χ3n) is 5.09. The van der Waals surface area contributed by atoms with Gasteiger partial charge in [0.15, 0.2) is 12.4 Å². The van der Waals surface area contributed by atoms with Crippen LogP contribution < -0.4 is 5.32 Å². The van der Waals surface area contributed by atoms with Crippen molar-refractivity contribution in [2.75, 3.05) is 11.9 Å². The minimum Gasteiger partial charge on any atom is -0.455 e. The van der Waals surface area contributed by atoms with Gasteiger partial charge in [0.05, 0.1) is 16.0 Å². The van der Waals surface area contributed by atoms with Crippen molar-refractivity contribution in [1.82, 2.24) is 4.98 Å². The monoisotopic (exact) mass is 400 g/mol. The van der Waals surface area contributed by atoms with E-state index in [0.717, 1.165) is 25.7 Å². The molecule has 1 N–H and O–H groups in total. The molecular formula is C19H26Cl2N2O3. The van der Waals surface area contributed by atoms with Crippen LogP contribution in [0.5, 0.6) is 0 Å². The maximum atomic E-state index is 12.2. The van der Waals surface area contributed by atoms with Crippen molar-refractivity contribution in [2.45, 2.75) is 53.4 Å². The van der Waals surface area contributed by atoms with E-state index in [2.05, 4.69) is 31.1 Å². The predicted octanol–water partition coefficient (Wildman–Crippen LogP) is 5.03. The molecule has 5 nitrogen and oxygen atoms in total. The molecule has 2 rings (SSSR count). The number of aromatic nitrogens is 1. The summed E-state index contributed by atoms with van der Waals surface area (Å²) in [7, 11) is 0. The Morgan fingerprint density at radius 3 is 2.42 bits per heavy atom. The van der Waals surface area contributed by atoms with Gasteiger partial charge in [0.2, 0.25) is 0 Å². The van der Waals surface area contributed by atoms with Crippen LogP contribution in [0, 0.1) is 24.2 Å². The number of hydrogen-bond donors (Lipinski definition) is 1. The zero-order valence-corrected chi connectivity index (χ0v) is 17.2. The average molecular weight is 401 g/mol. The maximum Gasteiger partial charge on any atom is 0.309 e. The first-order valence-electron chi connectivity index (χ1n) is 8.86. The molecule has 0 saturated heterocycles. The summed E-state index contributed by atoms with van der Waals surface area (Å²) in [5.74, 6) is -0.0749. The number of esters is 1. The third kappa shape index (κ3) is 5.34. The number of nitrogens with one attached hydrogen (secondary N) is 1. The number of pyridine rings is 1. The van der Waals surface area contributed by atoms with E-state index in [4.69, 9.17) is 27.9 Å². The molecule has 1 fully saturated rings. The molecule has 1 saturated carbocycles. The summed E-state index contributed by atoms with van der Waals surface area (Å²) >= 11 is 12.0. The SMILES string of the molecule is Cc1c(Cl)cnc(NC(=O)COC(=O)C2CCC(C(C)(C)C)CC2)c1Cl. The molecule has 1 aromatic rings. The summed E-state index contributed by atoms with van der Waals surface area (Å²) < 4.78 is 5.18. The van der Waals surface area contributed by atoms with Gasteiger partial charge in [-0.2, -0.15) is 0 Å². The van der Waals surface area contributed by atoms with Crippen LogP contribution in [0.3, 0.4) is 0 Å². The Morgan fingerprint density at radius 1 is 1.23 bits per heavy atom. The third-order valence-corrected chi connectivity index (χ3v) is 5.93. The van der Waals surface area contributed by atoms with Crippen molar-refractivity contribution in [2.24, 2.45) is 17.3 Å². The molecule has 0 spiro atoms. The highest BCUT2D eigenvalue weighted by Gasteiger charge is 2.33. The Kier molecular flexibility index (Phi) is 6.92. The standard InChI is InChI=1S/C19H26Cl2N2O3/c1-11-14(20)9-22-17(16(11)21)23-15(24)10-26-18(25)12-5-7-13(8-6-12)19(2,3)4/h9,12-13H,5-8,10H2,1-4H3,(H,22,23,24). The Hall–Kier alpha value is -1.33. The minimum atomic E-state index is -0.474. The van der Waals surface area contributed by atoms with E-state index >= 15 is 0 Å². The fourth-order valence-corrected chi connectivity index (χ4v) is 3.65. The van der Waals surface area contributed by atoms with Crippen LogP contribution in [0.2, 0.25) is 10.0 Å². The molecule has 0 atom stereocenters. The summed E-state index contributed by atoms with van der Waals surface area (Å²) in [6, 6.07) is 0. The lowest BCUT2D eigenvalue weighted by molar-refractivity contribution is -0.153. The topological polar surface area (TPSA) is 68.3 Å². The first-order valence-corrected chi connectivity index (χ1v) is 9.62. The molecular weight excluding hydrogens is 375 g/mol. The van der Waals surface area contributed by atoms with Gasteiger partial charge in [0, 0.05) is 6.20 Å². The molecule has 0 unspecified atom stereocenters. The van der Waals surface area contributed by atoms with Gasteiger partial charge in [-0.25, -0.2) is 4.98 Å². The smallest absolute Gasteiger partial charge is 0.309 e. The van der Waals surface area contributed by atoms with Crippen molar-refractivity contribution in [3.63, 3.8) is 0 Å². The number of ether oxygens (including phenoxy) is 1. The number of carbonyl (C=O) groups excluding carboxylic acids is 2. The van der Waals surface area contributed by atoms with Crippen LogP contribution in [0.15, 0.2) is 6.20 Å². The molecule has 1 amide bonds. The lowest BCUT2D eigenvalue weighted by Gasteiger charge is -2.36. The van der Waals surface area contributed by atoms with Crippen LogP contribution >= 0.6 is 23.2 Å². The summed E-state index contributed by atoms with van der Waals surface area (Å²) in [4.78, 5) is 28.2. The van der Waals surface area contributed by atoms with E-state index in [1.165, 1.54) is 6.20 Å². The normalized spacial score (nSPS) is 20.5. The number of rotatable bonds is 4. The average Bonchev–Trinajstić information content (AvgIpc) is 2.59.